The molecule has 23 heavy (non-hydrogen) atoms. The highest BCUT2D eigenvalue weighted by atomic mass is 35.5. The van der Waals surface area contributed by atoms with Gasteiger partial charge in [-0.25, -0.2) is 9.18 Å². The SMILES string of the molecule is NC(=O)N1CCCN(C(=O)CCOc2ccc(F)cc2Cl)CC1. The van der Waals surface area contributed by atoms with Crippen molar-refractivity contribution in [3.63, 3.8) is 0 Å². The molecule has 0 aromatic heterocycles. The monoisotopic (exact) mass is 343 g/mol. The Morgan fingerprint density at radius 2 is 1.91 bits per heavy atom. The normalized spacial score (nSPS) is 15.2. The maximum Gasteiger partial charge on any atom is 0.314 e. The van der Waals surface area contributed by atoms with Crippen LogP contribution in [0.2, 0.25) is 5.02 Å². The first-order valence-corrected chi connectivity index (χ1v) is 7.75. The second-order valence-electron chi connectivity index (χ2n) is 5.23. The standard InChI is InChI=1S/C15H19ClFN3O3/c16-12-10-11(17)2-3-13(12)23-9-4-14(21)19-5-1-6-20(8-7-19)15(18)22/h2-3,10H,1,4-9H2,(H2,18,22). The number of carbonyl (C=O) groups is 2. The van der Waals surface area contributed by atoms with Crippen LogP contribution in [0, 0.1) is 5.82 Å². The zero-order valence-corrected chi connectivity index (χ0v) is 13.4. The number of halogens is 2. The summed E-state index contributed by atoms with van der Waals surface area (Å²) in [6, 6.07) is 3.37. The summed E-state index contributed by atoms with van der Waals surface area (Å²) in [4.78, 5) is 26.6. The number of rotatable bonds is 4. The van der Waals surface area contributed by atoms with Crippen molar-refractivity contribution in [1.82, 2.24) is 9.80 Å². The molecule has 8 heteroatoms. The van der Waals surface area contributed by atoms with E-state index in [0.29, 0.717) is 38.3 Å². The van der Waals surface area contributed by atoms with Gasteiger partial charge < -0.3 is 20.3 Å². The Kier molecular flexibility index (Phi) is 6.04. The third-order valence-corrected chi connectivity index (χ3v) is 3.92. The van der Waals surface area contributed by atoms with Crippen LogP contribution >= 0.6 is 11.6 Å². The van der Waals surface area contributed by atoms with E-state index < -0.39 is 11.8 Å². The van der Waals surface area contributed by atoms with Gasteiger partial charge in [-0.15, -0.1) is 0 Å². The molecule has 0 atom stereocenters. The van der Waals surface area contributed by atoms with Crippen LogP contribution in [-0.4, -0.2) is 54.5 Å². The molecule has 1 fully saturated rings. The van der Waals surface area contributed by atoms with E-state index in [0.717, 1.165) is 6.07 Å². The van der Waals surface area contributed by atoms with Crippen molar-refractivity contribution in [1.29, 1.82) is 0 Å². The molecule has 0 saturated carbocycles. The average Bonchev–Trinajstić information content (AvgIpc) is 2.75. The lowest BCUT2D eigenvalue weighted by atomic mass is 10.3. The molecule has 1 aliphatic rings. The summed E-state index contributed by atoms with van der Waals surface area (Å²) in [7, 11) is 0. The van der Waals surface area contributed by atoms with Crippen LogP contribution in [0.25, 0.3) is 0 Å². The Balaban J connectivity index is 1.79. The molecular formula is C15H19ClFN3O3. The number of benzene rings is 1. The minimum atomic E-state index is -0.464. The Hall–Kier alpha value is -2.02. The van der Waals surface area contributed by atoms with Crippen LogP contribution in [0.1, 0.15) is 12.8 Å². The fourth-order valence-electron chi connectivity index (χ4n) is 2.39. The average molecular weight is 344 g/mol. The van der Waals surface area contributed by atoms with Gasteiger partial charge in [0.1, 0.15) is 11.6 Å². The maximum absolute atomic E-state index is 12.9. The van der Waals surface area contributed by atoms with Gasteiger partial charge in [-0.1, -0.05) is 11.6 Å². The van der Waals surface area contributed by atoms with Crippen LogP contribution in [0.5, 0.6) is 5.75 Å². The van der Waals surface area contributed by atoms with Gasteiger partial charge in [0.25, 0.3) is 0 Å². The predicted molar refractivity (Wildman–Crippen MR) is 83.9 cm³/mol. The van der Waals surface area contributed by atoms with Crippen LogP contribution < -0.4 is 10.5 Å². The zero-order chi connectivity index (χ0) is 16.8. The number of nitrogens with zero attached hydrogens (tertiary/aromatic N) is 2. The molecule has 0 radical (unpaired) electrons. The summed E-state index contributed by atoms with van der Waals surface area (Å²) in [5.41, 5.74) is 5.25. The van der Waals surface area contributed by atoms with Crippen molar-refractivity contribution in [3.8, 4) is 5.75 Å². The molecule has 3 amide bonds. The van der Waals surface area contributed by atoms with E-state index in [4.69, 9.17) is 22.1 Å². The summed E-state index contributed by atoms with van der Waals surface area (Å²) in [6.07, 6.45) is 0.879. The van der Waals surface area contributed by atoms with E-state index in [1.807, 2.05) is 0 Å². The van der Waals surface area contributed by atoms with Crippen molar-refractivity contribution >= 4 is 23.5 Å². The molecule has 6 nitrogen and oxygen atoms in total. The van der Waals surface area contributed by atoms with E-state index in [1.165, 1.54) is 17.0 Å². The first kappa shape index (κ1) is 17.3. The Morgan fingerprint density at radius 3 is 2.61 bits per heavy atom. The van der Waals surface area contributed by atoms with E-state index in [1.54, 1.807) is 4.90 Å². The molecule has 0 unspecified atom stereocenters. The van der Waals surface area contributed by atoms with Crippen LogP contribution in [-0.2, 0) is 4.79 Å². The number of urea groups is 1. The molecule has 0 spiro atoms. The van der Waals surface area contributed by atoms with Gasteiger partial charge >= 0.3 is 6.03 Å². The largest absolute Gasteiger partial charge is 0.491 e. The van der Waals surface area contributed by atoms with Crippen LogP contribution in [0.15, 0.2) is 18.2 Å². The molecular weight excluding hydrogens is 325 g/mol. The lowest BCUT2D eigenvalue weighted by Gasteiger charge is -2.21. The smallest absolute Gasteiger partial charge is 0.314 e. The molecule has 1 aromatic rings. The molecule has 126 valence electrons. The molecule has 1 heterocycles. The van der Waals surface area contributed by atoms with Gasteiger partial charge in [-0.2, -0.15) is 0 Å². The van der Waals surface area contributed by atoms with E-state index in [9.17, 15) is 14.0 Å². The van der Waals surface area contributed by atoms with Gasteiger partial charge in [0.15, 0.2) is 0 Å². The molecule has 2 N–H and O–H groups in total. The molecule has 1 aromatic carbocycles. The highest BCUT2D eigenvalue weighted by molar-refractivity contribution is 6.32. The molecule has 0 bridgehead atoms. The molecule has 0 aliphatic carbocycles. The van der Waals surface area contributed by atoms with Gasteiger partial charge in [0.05, 0.1) is 18.1 Å². The molecule has 1 saturated heterocycles. The van der Waals surface area contributed by atoms with Gasteiger partial charge in [0.2, 0.25) is 5.91 Å². The third kappa shape index (κ3) is 4.99. The highest BCUT2D eigenvalue weighted by Crippen LogP contribution is 2.24. The van der Waals surface area contributed by atoms with E-state index >= 15 is 0 Å². The number of ether oxygens (including phenoxy) is 1. The lowest BCUT2D eigenvalue weighted by Crippen LogP contribution is -2.40. The zero-order valence-electron chi connectivity index (χ0n) is 12.6. The minimum absolute atomic E-state index is 0.0606. The van der Waals surface area contributed by atoms with Crippen molar-refractivity contribution in [2.75, 3.05) is 32.8 Å². The summed E-state index contributed by atoms with van der Waals surface area (Å²) in [6.45, 7) is 2.19. The number of hydrogen-bond acceptors (Lipinski definition) is 3. The number of nitrogens with two attached hydrogens (primary N) is 1. The number of hydrogen-bond donors (Lipinski definition) is 1. The minimum Gasteiger partial charge on any atom is -0.491 e. The summed E-state index contributed by atoms with van der Waals surface area (Å²) < 4.78 is 18.3. The van der Waals surface area contributed by atoms with Gasteiger partial charge in [-0.3, -0.25) is 4.79 Å². The van der Waals surface area contributed by atoms with Crippen LogP contribution in [0.4, 0.5) is 9.18 Å². The predicted octanol–water partition coefficient (Wildman–Crippen LogP) is 1.86. The highest BCUT2D eigenvalue weighted by Gasteiger charge is 2.20. The summed E-state index contributed by atoms with van der Waals surface area (Å²) >= 11 is 5.85. The first-order valence-electron chi connectivity index (χ1n) is 7.37. The summed E-state index contributed by atoms with van der Waals surface area (Å²) in [5, 5.41) is 0.171. The second-order valence-corrected chi connectivity index (χ2v) is 5.64. The Labute approximate surface area is 138 Å². The Bertz CT molecular complexity index is 585. The fraction of sp³-hybridized carbons (Fsp3) is 0.467. The van der Waals surface area contributed by atoms with Crippen molar-refractivity contribution in [3.05, 3.63) is 29.0 Å². The topological polar surface area (TPSA) is 75.9 Å². The van der Waals surface area contributed by atoms with E-state index in [-0.39, 0.29) is 24.0 Å². The molecule has 2 rings (SSSR count). The quantitative estimate of drug-likeness (QED) is 0.906. The third-order valence-electron chi connectivity index (χ3n) is 3.63. The van der Waals surface area contributed by atoms with Crippen molar-refractivity contribution in [2.45, 2.75) is 12.8 Å². The van der Waals surface area contributed by atoms with E-state index in [2.05, 4.69) is 0 Å². The van der Waals surface area contributed by atoms with Gasteiger partial charge in [-0.05, 0) is 24.6 Å². The second kappa shape index (κ2) is 8.01. The van der Waals surface area contributed by atoms with Crippen molar-refractivity contribution < 1.29 is 18.7 Å². The lowest BCUT2D eigenvalue weighted by molar-refractivity contribution is -0.131. The number of primary amides is 1. The summed E-state index contributed by atoms with van der Waals surface area (Å²) in [5.74, 6) is -0.159. The Morgan fingerprint density at radius 1 is 1.22 bits per heavy atom. The maximum atomic E-state index is 12.9. The van der Waals surface area contributed by atoms with Crippen molar-refractivity contribution in [2.24, 2.45) is 5.73 Å². The number of amides is 3. The molecule has 1 aliphatic heterocycles. The van der Waals surface area contributed by atoms with Gasteiger partial charge in [0, 0.05) is 26.2 Å². The number of carbonyl (C=O) groups excluding carboxylic acids is 2. The fourth-order valence-corrected chi connectivity index (χ4v) is 2.61. The van der Waals surface area contributed by atoms with Crippen LogP contribution in [0.3, 0.4) is 0 Å². The first-order chi connectivity index (χ1) is 11.0.